The van der Waals surface area contributed by atoms with Gasteiger partial charge in [0.25, 0.3) is 0 Å². The summed E-state index contributed by atoms with van der Waals surface area (Å²) in [4.78, 5) is 0. The number of aromatic nitrogens is 2. The molecule has 0 aliphatic heterocycles. The molecule has 0 saturated heterocycles. The molecule has 0 amide bonds. The molecule has 0 aliphatic carbocycles. The predicted molar refractivity (Wildman–Crippen MR) is 73.2 cm³/mol. The third kappa shape index (κ3) is 3.56. The monoisotopic (exact) mass is 237 g/mol. The maximum absolute atomic E-state index is 4.68. The molecule has 1 aromatic rings. The fourth-order valence-corrected chi connectivity index (χ4v) is 2.21. The minimum absolute atomic E-state index is 0.750. The zero-order valence-corrected chi connectivity index (χ0v) is 12.0. The average molecular weight is 237 g/mol. The molecular formula is C14H27N3. The molecule has 1 N–H and O–H groups in total. The van der Waals surface area contributed by atoms with Crippen molar-refractivity contribution >= 4 is 0 Å². The van der Waals surface area contributed by atoms with Gasteiger partial charge in [0.05, 0.1) is 5.69 Å². The van der Waals surface area contributed by atoms with Crippen LogP contribution in [0.2, 0.25) is 0 Å². The molecule has 0 fully saturated rings. The highest BCUT2D eigenvalue weighted by molar-refractivity contribution is 5.24. The van der Waals surface area contributed by atoms with Gasteiger partial charge in [0, 0.05) is 24.3 Å². The van der Waals surface area contributed by atoms with E-state index < -0.39 is 0 Å². The van der Waals surface area contributed by atoms with Crippen LogP contribution in [0.15, 0.2) is 0 Å². The van der Waals surface area contributed by atoms with Crippen molar-refractivity contribution in [1.29, 1.82) is 0 Å². The van der Waals surface area contributed by atoms with E-state index in [0.29, 0.717) is 0 Å². The Morgan fingerprint density at radius 1 is 1.18 bits per heavy atom. The normalized spacial score (nSPS) is 11.4. The molecule has 17 heavy (non-hydrogen) atoms. The van der Waals surface area contributed by atoms with E-state index in [2.05, 4.69) is 49.7 Å². The van der Waals surface area contributed by atoms with Crippen molar-refractivity contribution in [3.8, 4) is 0 Å². The molecule has 0 bridgehead atoms. The molecule has 1 heterocycles. The molecule has 3 heteroatoms. The highest BCUT2D eigenvalue weighted by atomic mass is 15.3. The molecule has 0 aliphatic rings. The van der Waals surface area contributed by atoms with Gasteiger partial charge in [-0.3, -0.25) is 4.68 Å². The summed E-state index contributed by atoms with van der Waals surface area (Å²) in [6, 6.07) is 0. The molecule has 0 aromatic carbocycles. The zero-order valence-electron chi connectivity index (χ0n) is 12.0. The molecule has 0 unspecified atom stereocenters. The summed E-state index contributed by atoms with van der Waals surface area (Å²) < 4.78 is 2.19. The Bertz CT molecular complexity index is 337. The first-order valence-electron chi connectivity index (χ1n) is 6.87. The Balaban J connectivity index is 2.80. The van der Waals surface area contributed by atoms with Crippen LogP contribution in [0, 0.1) is 19.8 Å². The van der Waals surface area contributed by atoms with Gasteiger partial charge in [-0.1, -0.05) is 33.6 Å². The topological polar surface area (TPSA) is 29.9 Å². The quantitative estimate of drug-likeness (QED) is 0.790. The highest BCUT2D eigenvalue weighted by Gasteiger charge is 2.13. The van der Waals surface area contributed by atoms with Crippen molar-refractivity contribution in [2.45, 2.75) is 60.5 Å². The van der Waals surface area contributed by atoms with E-state index in [4.69, 9.17) is 0 Å². The van der Waals surface area contributed by atoms with Crippen molar-refractivity contribution in [2.24, 2.45) is 5.92 Å². The Labute approximate surface area is 106 Å². The minimum Gasteiger partial charge on any atom is -0.313 e. The molecule has 1 aromatic heterocycles. The second kappa shape index (κ2) is 6.80. The molecule has 0 spiro atoms. The predicted octanol–water partition coefficient (Wildman–Crippen LogP) is 3.05. The van der Waals surface area contributed by atoms with E-state index in [-0.39, 0.29) is 0 Å². The van der Waals surface area contributed by atoms with Gasteiger partial charge in [-0.05, 0) is 26.3 Å². The van der Waals surface area contributed by atoms with Gasteiger partial charge < -0.3 is 5.32 Å². The smallest absolute Gasteiger partial charge is 0.0641 e. The molecule has 1 rings (SSSR count). The van der Waals surface area contributed by atoms with Crippen molar-refractivity contribution in [3.63, 3.8) is 0 Å². The second-order valence-corrected chi connectivity index (χ2v) is 4.79. The van der Waals surface area contributed by atoms with Crippen LogP contribution in [0.1, 0.15) is 50.6 Å². The SMILES string of the molecule is CCNCc1c(C)nn(CC(CC)CC)c1C. The van der Waals surface area contributed by atoms with E-state index in [0.717, 1.165) is 25.6 Å². The summed E-state index contributed by atoms with van der Waals surface area (Å²) in [7, 11) is 0. The van der Waals surface area contributed by atoms with E-state index in [1.165, 1.54) is 29.8 Å². The van der Waals surface area contributed by atoms with Crippen LogP contribution in [-0.2, 0) is 13.1 Å². The number of aryl methyl sites for hydroxylation is 1. The Morgan fingerprint density at radius 2 is 1.82 bits per heavy atom. The largest absolute Gasteiger partial charge is 0.313 e. The minimum atomic E-state index is 0.750. The van der Waals surface area contributed by atoms with Gasteiger partial charge in [0.15, 0.2) is 0 Å². The first-order valence-corrected chi connectivity index (χ1v) is 6.87. The molecule has 3 nitrogen and oxygen atoms in total. The number of hydrogen-bond acceptors (Lipinski definition) is 2. The van der Waals surface area contributed by atoms with Crippen LogP contribution in [0.3, 0.4) is 0 Å². The molecule has 0 saturated carbocycles. The highest BCUT2D eigenvalue weighted by Crippen LogP contribution is 2.17. The lowest BCUT2D eigenvalue weighted by atomic mass is 10.0. The van der Waals surface area contributed by atoms with Crippen molar-refractivity contribution < 1.29 is 0 Å². The van der Waals surface area contributed by atoms with Crippen LogP contribution < -0.4 is 5.32 Å². The Hall–Kier alpha value is -0.830. The fourth-order valence-electron chi connectivity index (χ4n) is 2.21. The third-order valence-electron chi connectivity index (χ3n) is 3.67. The summed E-state index contributed by atoms with van der Waals surface area (Å²) in [5.74, 6) is 0.750. The van der Waals surface area contributed by atoms with Gasteiger partial charge in [0.2, 0.25) is 0 Å². The maximum Gasteiger partial charge on any atom is 0.0641 e. The van der Waals surface area contributed by atoms with Crippen LogP contribution in [0.4, 0.5) is 0 Å². The second-order valence-electron chi connectivity index (χ2n) is 4.79. The van der Waals surface area contributed by atoms with Crippen LogP contribution in [0.5, 0.6) is 0 Å². The summed E-state index contributed by atoms with van der Waals surface area (Å²) in [5.41, 5.74) is 3.88. The van der Waals surface area contributed by atoms with Gasteiger partial charge >= 0.3 is 0 Å². The Morgan fingerprint density at radius 3 is 2.35 bits per heavy atom. The first-order chi connectivity index (χ1) is 8.13. The zero-order chi connectivity index (χ0) is 12.8. The third-order valence-corrected chi connectivity index (χ3v) is 3.67. The van der Waals surface area contributed by atoms with E-state index >= 15 is 0 Å². The summed E-state index contributed by atoms with van der Waals surface area (Å²) in [6.45, 7) is 14.0. The molecule has 0 atom stereocenters. The molecular weight excluding hydrogens is 210 g/mol. The summed E-state index contributed by atoms with van der Waals surface area (Å²) in [5, 5.41) is 8.06. The van der Waals surface area contributed by atoms with Gasteiger partial charge in [0.1, 0.15) is 0 Å². The lowest BCUT2D eigenvalue weighted by Gasteiger charge is -2.13. The number of hydrogen-bond donors (Lipinski definition) is 1. The van der Waals surface area contributed by atoms with Gasteiger partial charge in [-0.25, -0.2) is 0 Å². The number of nitrogens with one attached hydrogen (secondary N) is 1. The van der Waals surface area contributed by atoms with E-state index in [1.54, 1.807) is 0 Å². The Kier molecular flexibility index (Phi) is 5.69. The first kappa shape index (κ1) is 14.2. The van der Waals surface area contributed by atoms with Crippen molar-refractivity contribution in [1.82, 2.24) is 15.1 Å². The summed E-state index contributed by atoms with van der Waals surface area (Å²) >= 11 is 0. The van der Waals surface area contributed by atoms with Crippen LogP contribution >= 0.6 is 0 Å². The van der Waals surface area contributed by atoms with Crippen LogP contribution in [-0.4, -0.2) is 16.3 Å². The van der Waals surface area contributed by atoms with Crippen molar-refractivity contribution in [3.05, 3.63) is 17.0 Å². The van der Waals surface area contributed by atoms with Gasteiger partial charge in [-0.15, -0.1) is 0 Å². The number of nitrogens with zero attached hydrogens (tertiary/aromatic N) is 2. The lowest BCUT2D eigenvalue weighted by molar-refractivity contribution is 0.390. The van der Waals surface area contributed by atoms with E-state index in [9.17, 15) is 0 Å². The van der Waals surface area contributed by atoms with E-state index in [1.807, 2.05) is 0 Å². The average Bonchev–Trinajstić information content (AvgIpc) is 2.59. The standard InChI is InChI=1S/C14H27N3/c1-6-13(7-2)10-17-12(5)14(9-15-8-3)11(4)16-17/h13,15H,6-10H2,1-5H3. The molecule has 0 radical (unpaired) electrons. The van der Waals surface area contributed by atoms with Crippen molar-refractivity contribution in [2.75, 3.05) is 6.54 Å². The lowest BCUT2D eigenvalue weighted by Crippen LogP contribution is -2.14. The van der Waals surface area contributed by atoms with Gasteiger partial charge in [-0.2, -0.15) is 5.10 Å². The maximum atomic E-state index is 4.68. The van der Waals surface area contributed by atoms with Crippen LogP contribution in [0.25, 0.3) is 0 Å². The fraction of sp³-hybridized carbons (Fsp3) is 0.786. The molecule has 98 valence electrons. The summed E-state index contributed by atoms with van der Waals surface area (Å²) in [6.07, 6.45) is 2.47. The number of rotatable bonds is 7.